The minimum atomic E-state index is 0.514. The van der Waals surface area contributed by atoms with Crippen molar-refractivity contribution in [3.05, 3.63) is 42.0 Å². The number of hydrogen-bond donors (Lipinski definition) is 0. The first kappa shape index (κ1) is 13.8. The molecule has 0 atom stereocenters. The zero-order chi connectivity index (χ0) is 14.5. The second kappa shape index (κ2) is 5.98. The normalized spacial score (nSPS) is 9.70. The summed E-state index contributed by atoms with van der Waals surface area (Å²) < 4.78 is 16.1. The van der Waals surface area contributed by atoms with E-state index < -0.39 is 0 Å². The molecule has 0 radical (unpaired) electrons. The highest BCUT2D eigenvalue weighted by Gasteiger charge is 2.18. The van der Waals surface area contributed by atoms with Crippen molar-refractivity contribution in [2.45, 2.75) is 0 Å². The molecule has 0 aliphatic carbocycles. The molecule has 0 aliphatic rings. The number of benzene rings is 2. The maximum Gasteiger partial charge on any atom is 0.203 e. The van der Waals surface area contributed by atoms with Crippen molar-refractivity contribution in [1.29, 1.82) is 5.26 Å². The first-order valence-electron chi connectivity index (χ1n) is 6.05. The largest absolute Gasteiger partial charge is 0.493 e. The molecule has 0 aromatic heterocycles. The quantitative estimate of drug-likeness (QED) is 0.855. The predicted octanol–water partition coefficient (Wildman–Crippen LogP) is 3.25. The number of ether oxygens (including phenoxy) is 3. The highest BCUT2D eigenvalue weighted by atomic mass is 16.5. The zero-order valence-corrected chi connectivity index (χ0v) is 11.6. The van der Waals surface area contributed by atoms with Crippen LogP contribution in [0.5, 0.6) is 17.2 Å². The molecule has 4 heteroatoms. The van der Waals surface area contributed by atoms with Gasteiger partial charge in [-0.15, -0.1) is 0 Å². The van der Waals surface area contributed by atoms with E-state index in [4.69, 9.17) is 14.2 Å². The lowest BCUT2D eigenvalue weighted by Gasteiger charge is -2.16. The molecule has 0 saturated heterocycles. The van der Waals surface area contributed by atoms with E-state index in [1.807, 2.05) is 24.3 Å². The molecule has 0 N–H and O–H groups in total. The molecule has 4 nitrogen and oxygen atoms in total. The SMILES string of the molecule is COc1ccc(-c2ccccc2C#N)c(OC)c1OC. The Morgan fingerprint density at radius 1 is 0.800 bits per heavy atom. The van der Waals surface area contributed by atoms with Crippen molar-refractivity contribution in [3.63, 3.8) is 0 Å². The van der Waals surface area contributed by atoms with Gasteiger partial charge >= 0.3 is 0 Å². The average molecular weight is 269 g/mol. The Balaban J connectivity index is 2.72. The summed E-state index contributed by atoms with van der Waals surface area (Å²) in [5.74, 6) is 1.65. The molecule has 102 valence electrons. The minimum absolute atomic E-state index is 0.514. The van der Waals surface area contributed by atoms with Crippen molar-refractivity contribution >= 4 is 0 Å². The van der Waals surface area contributed by atoms with E-state index in [-0.39, 0.29) is 0 Å². The van der Waals surface area contributed by atoms with Crippen LogP contribution in [0.25, 0.3) is 11.1 Å². The van der Waals surface area contributed by atoms with Crippen LogP contribution < -0.4 is 14.2 Å². The number of nitriles is 1. The van der Waals surface area contributed by atoms with Gasteiger partial charge in [-0.25, -0.2) is 0 Å². The summed E-state index contributed by atoms with van der Waals surface area (Å²) >= 11 is 0. The molecule has 0 saturated carbocycles. The number of rotatable bonds is 4. The van der Waals surface area contributed by atoms with Gasteiger partial charge in [0.2, 0.25) is 5.75 Å². The lowest BCUT2D eigenvalue weighted by atomic mass is 9.99. The van der Waals surface area contributed by atoms with E-state index in [1.165, 1.54) is 0 Å². The molecule has 0 spiro atoms. The van der Waals surface area contributed by atoms with Gasteiger partial charge < -0.3 is 14.2 Å². The van der Waals surface area contributed by atoms with Gasteiger partial charge in [-0.2, -0.15) is 5.26 Å². The lowest BCUT2D eigenvalue weighted by molar-refractivity contribution is 0.325. The Kier molecular flexibility index (Phi) is 4.11. The van der Waals surface area contributed by atoms with Crippen LogP contribution in [0, 0.1) is 11.3 Å². The lowest BCUT2D eigenvalue weighted by Crippen LogP contribution is -1.97. The van der Waals surface area contributed by atoms with Crippen LogP contribution >= 0.6 is 0 Å². The third-order valence-electron chi connectivity index (χ3n) is 3.04. The molecule has 0 heterocycles. The average Bonchev–Trinajstić information content (AvgIpc) is 2.53. The molecular formula is C16H15NO3. The second-order valence-electron chi connectivity index (χ2n) is 4.04. The molecule has 0 bridgehead atoms. The second-order valence-corrected chi connectivity index (χ2v) is 4.04. The van der Waals surface area contributed by atoms with Crippen LogP contribution in [-0.4, -0.2) is 21.3 Å². The fourth-order valence-corrected chi connectivity index (χ4v) is 2.13. The van der Waals surface area contributed by atoms with Crippen LogP contribution in [-0.2, 0) is 0 Å². The van der Waals surface area contributed by atoms with Crippen LogP contribution in [0.4, 0.5) is 0 Å². The van der Waals surface area contributed by atoms with Gasteiger partial charge in [0.25, 0.3) is 0 Å². The summed E-state index contributed by atoms with van der Waals surface area (Å²) in [6, 6.07) is 13.2. The van der Waals surface area contributed by atoms with Crippen LogP contribution in [0.3, 0.4) is 0 Å². The van der Waals surface area contributed by atoms with Gasteiger partial charge in [-0.05, 0) is 18.2 Å². The predicted molar refractivity (Wildman–Crippen MR) is 76.2 cm³/mol. The Morgan fingerprint density at radius 2 is 1.50 bits per heavy atom. The first-order valence-corrected chi connectivity index (χ1v) is 6.05. The fourth-order valence-electron chi connectivity index (χ4n) is 2.13. The number of methoxy groups -OCH3 is 3. The van der Waals surface area contributed by atoms with E-state index in [2.05, 4.69) is 6.07 Å². The molecule has 2 aromatic carbocycles. The minimum Gasteiger partial charge on any atom is -0.493 e. The molecule has 2 aromatic rings. The van der Waals surface area contributed by atoms with E-state index >= 15 is 0 Å². The Labute approximate surface area is 118 Å². The molecule has 0 unspecified atom stereocenters. The van der Waals surface area contributed by atoms with Crippen molar-refractivity contribution in [2.24, 2.45) is 0 Å². The van der Waals surface area contributed by atoms with E-state index in [0.717, 1.165) is 11.1 Å². The maximum atomic E-state index is 9.22. The Hall–Kier alpha value is -2.67. The Bertz CT molecular complexity index is 659. The monoisotopic (exact) mass is 269 g/mol. The van der Waals surface area contributed by atoms with Crippen molar-refractivity contribution in [2.75, 3.05) is 21.3 Å². The topological polar surface area (TPSA) is 51.5 Å². The number of nitrogens with zero attached hydrogens (tertiary/aromatic N) is 1. The summed E-state index contributed by atoms with van der Waals surface area (Å²) in [7, 11) is 4.69. The van der Waals surface area contributed by atoms with E-state index in [0.29, 0.717) is 22.8 Å². The van der Waals surface area contributed by atoms with Gasteiger partial charge in [-0.3, -0.25) is 0 Å². The summed E-state index contributed by atoms with van der Waals surface area (Å²) in [6.07, 6.45) is 0. The molecular weight excluding hydrogens is 254 g/mol. The molecule has 0 fully saturated rings. The standard InChI is InChI=1S/C16H15NO3/c1-18-14-9-8-13(15(19-2)16(14)20-3)12-7-5-4-6-11(12)10-17/h4-9H,1-3H3. The summed E-state index contributed by atoms with van der Waals surface area (Å²) in [5, 5.41) is 9.22. The summed E-state index contributed by atoms with van der Waals surface area (Å²) in [5.41, 5.74) is 2.17. The third kappa shape index (κ3) is 2.26. The third-order valence-corrected chi connectivity index (χ3v) is 3.04. The van der Waals surface area contributed by atoms with Crippen molar-refractivity contribution in [1.82, 2.24) is 0 Å². The highest BCUT2D eigenvalue weighted by Crippen LogP contribution is 2.44. The summed E-state index contributed by atoms with van der Waals surface area (Å²) in [4.78, 5) is 0. The van der Waals surface area contributed by atoms with Crippen LogP contribution in [0.15, 0.2) is 36.4 Å². The smallest absolute Gasteiger partial charge is 0.203 e. The Morgan fingerprint density at radius 3 is 2.10 bits per heavy atom. The van der Waals surface area contributed by atoms with Crippen LogP contribution in [0.1, 0.15) is 5.56 Å². The van der Waals surface area contributed by atoms with Crippen LogP contribution in [0.2, 0.25) is 0 Å². The molecule has 20 heavy (non-hydrogen) atoms. The van der Waals surface area contributed by atoms with Gasteiger partial charge in [0.1, 0.15) is 0 Å². The zero-order valence-electron chi connectivity index (χ0n) is 11.6. The van der Waals surface area contributed by atoms with Crippen molar-refractivity contribution < 1.29 is 14.2 Å². The van der Waals surface area contributed by atoms with Crippen molar-refractivity contribution in [3.8, 4) is 34.4 Å². The van der Waals surface area contributed by atoms with Gasteiger partial charge in [0, 0.05) is 11.1 Å². The first-order chi connectivity index (χ1) is 9.76. The summed E-state index contributed by atoms with van der Waals surface area (Å²) in [6.45, 7) is 0. The maximum absolute atomic E-state index is 9.22. The molecule has 2 rings (SSSR count). The van der Waals surface area contributed by atoms with Gasteiger partial charge in [0.05, 0.1) is 33.0 Å². The number of hydrogen-bond acceptors (Lipinski definition) is 4. The fraction of sp³-hybridized carbons (Fsp3) is 0.188. The van der Waals surface area contributed by atoms with Gasteiger partial charge in [-0.1, -0.05) is 18.2 Å². The highest BCUT2D eigenvalue weighted by molar-refractivity contribution is 5.79. The molecule has 0 amide bonds. The van der Waals surface area contributed by atoms with E-state index in [9.17, 15) is 5.26 Å². The van der Waals surface area contributed by atoms with Gasteiger partial charge in [0.15, 0.2) is 11.5 Å². The van der Waals surface area contributed by atoms with E-state index in [1.54, 1.807) is 33.5 Å². The molecule has 0 aliphatic heterocycles.